The third-order valence-corrected chi connectivity index (χ3v) is 3.75. The van der Waals surface area contributed by atoms with Crippen molar-refractivity contribution in [3.63, 3.8) is 0 Å². The summed E-state index contributed by atoms with van der Waals surface area (Å²) in [5.41, 5.74) is 0.976. The van der Waals surface area contributed by atoms with Crippen LogP contribution in [0.5, 0.6) is 0 Å². The SMILES string of the molecule is CC(=O)C(Cc1ccc([N+](=O)[O-])cc1Br)C(C)C. The second-order valence-electron chi connectivity index (χ2n) is 4.70. The van der Waals surface area contributed by atoms with Crippen LogP contribution in [0.25, 0.3) is 0 Å². The number of rotatable bonds is 5. The number of carbonyl (C=O) groups is 1. The van der Waals surface area contributed by atoms with Crippen LogP contribution in [0.15, 0.2) is 22.7 Å². The van der Waals surface area contributed by atoms with Crippen molar-refractivity contribution in [1.82, 2.24) is 0 Å². The monoisotopic (exact) mass is 313 g/mol. The molecule has 0 bridgehead atoms. The van der Waals surface area contributed by atoms with Crippen molar-refractivity contribution < 1.29 is 9.72 Å². The van der Waals surface area contributed by atoms with Gasteiger partial charge in [-0.05, 0) is 24.8 Å². The number of Topliss-reactive ketones (excluding diaryl/α,β-unsaturated/α-hetero) is 1. The molecule has 0 spiro atoms. The lowest BCUT2D eigenvalue weighted by Gasteiger charge is -2.18. The van der Waals surface area contributed by atoms with E-state index in [4.69, 9.17) is 0 Å². The van der Waals surface area contributed by atoms with Crippen molar-refractivity contribution in [2.75, 3.05) is 0 Å². The number of halogens is 1. The highest BCUT2D eigenvalue weighted by molar-refractivity contribution is 9.10. The summed E-state index contributed by atoms with van der Waals surface area (Å²) in [6, 6.07) is 4.66. The Balaban J connectivity index is 2.97. The quantitative estimate of drug-likeness (QED) is 0.614. The molecule has 1 unspecified atom stereocenters. The van der Waals surface area contributed by atoms with E-state index in [1.807, 2.05) is 13.8 Å². The highest BCUT2D eigenvalue weighted by Crippen LogP contribution is 2.27. The van der Waals surface area contributed by atoms with Crippen LogP contribution in [-0.2, 0) is 11.2 Å². The first-order chi connectivity index (χ1) is 8.32. The van der Waals surface area contributed by atoms with E-state index in [0.717, 1.165) is 5.56 Å². The van der Waals surface area contributed by atoms with Gasteiger partial charge >= 0.3 is 0 Å². The lowest BCUT2D eigenvalue weighted by Crippen LogP contribution is -2.20. The maximum atomic E-state index is 11.6. The molecule has 4 nitrogen and oxygen atoms in total. The van der Waals surface area contributed by atoms with Gasteiger partial charge in [-0.1, -0.05) is 35.8 Å². The zero-order valence-electron chi connectivity index (χ0n) is 10.6. The molecule has 0 heterocycles. The molecule has 1 aromatic carbocycles. The Morgan fingerprint density at radius 2 is 2.06 bits per heavy atom. The summed E-state index contributed by atoms with van der Waals surface area (Å²) in [5.74, 6) is 0.350. The molecule has 0 saturated carbocycles. The lowest BCUT2D eigenvalue weighted by atomic mass is 9.86. The summed E-state index contributed by atoms with van der Waals surface area (Å²) in [6.45, 7) is 5.60. The van der Waals surface area contributed by atoms with Crippen LogP contribution in [0.4, 0.5) is 5.69 Å². The number of nitro groups is 1. The van der Waals surface area contributed by atoms with Gasteiger partial charge in [0.15, 0.2) is 0 Å². The molecule has 0 amide bonds. The summed E-state index contributed by atoms with van der Waals surface area (Å²) >= 11 is 3.33. The molecule has 1 atom stereocenters. The van der Waals surface area contributed by atoms with Gasteiger partial charge in [0.05, 0.1) is 4.92 Å². The minimum Gasteiger partial charge on any atom is -0.300 e. The van der Waals surface area contributed by atoms with E-state index >= 15 is 0 Å². The number of benzene rings is 1. The number of nitro benzene ring substituents is 1. The van der Waals surface area contributed by atoms with Crippen molar-refractivity contribution in [2.24, 2.45) is 11.8 Å². The number of hydrogen-bond acceptors (Lipinski definition) is 3. The normalized spacial score (nSPS) is 12.5. The predicted molar refractivity (Wildman–Crippen MR) is 73.5 cm³/mol. The first-order valence-corrected chi connectivity index (χ1v) is 6.55. The first-order valence-electron chi connectivity index (χ1n) is 5.76. The molecule has 0 N–H and O–H groups in total. The highest BCUT2D eigenvalue weighted by Gasteiger charge is 2.20. The minimum absolute atomic E-state index is 0.0505. The Labute approximate surface area is 115 Å². The van der Waals surface area contributed by atoms with Crippen molar-refractivity contribution in [3.05, 3.63) is 38.3 Å². The van der Waals surface area contributed by atoms with E-state index in [-0.39, 0.29) is 23.3 Å². The molecule has 0 aliphatic rings. The molecule has 0 radical (unpaired) electrons. The molecule has 0 saturated heterocycles. The van der Waals surface area contributed by atoms with Gasteiger partial charge in [0.1, 0.15) is 5.78 Å². The summed E-state index contributed by atoms with van der Waals surface area (Å²) in [7, 11) is 0. The van der Waals surface area contributed by atoms with Crippen LogP contribution in [0, 0.1) is 22.0 Å². The molecule has 0 fully saturated rings. The van der Waals surface area contributed by atoms with E-state index in [1.54, 1.807) is 13.0 Å². The largest absolute Gasteiger partial charge is 0.300 e. The zero-order chi connectivity index (χ0) is 13.9. The molecule has 0 aliphatic heterocycles. The van der Waals surface area contributed by atoms with Crippen LogP contribution in [0.1, 0.15) is 26.3 Å². The molecule has 0 aromatic heterocycles. The standard InChI is InChI=1S/C13H16BrNO3/c1-8(2)12(9(3)16)6-10-4-5-11(15(17)18)7-13(10)14/h4-5,7-8,12H,6H2,1-3H3. The Kier molecular flexibility index (Phi) is 5.02. The summed E-state index contributed by atoms with van der Waals surface area (Å²) in [5, 5.41) is 10.6. The van der Waals surface area contributed by atoms with E-state index < -0.39 is 4.92 Å². The summed E-state index contributed by atoms with van der Waals surface area (Å²) in [4.78, 5) is 21.8. The smallest absolute Gasteiger partial charge is 0.270 e. The second kappa shape index (κ2) is 6.09. The average Bonchev–Trinajstić information content (AvgIpc) is 2.25. The third kappa shape index (κ3) is 3.63. The number of non-ortho nitro benzene ring substituents is 1. The predicted octanol–water partition coefficient (Wildman–Crippen LogP) is 3.76. The lowest BCUT2D eigenvalue weighted by molar-refractivity contribution is -0.384. The van der Waals surface area contributed by atoms with E-state index in [9.17, 15) is 14.9 Å². The number of ketones is 1. The fourth-order valence-corrected chi connectivity index (χ4v) is 2.43. The molecule has 1 aromatic rings. The maximum absolute atomic E-state index is 11.6. The summed E-state index contributed by atoms with van der Waals surface area (Å²) < 4.78 is 0.684. The van der Waals surface area contributed by atoms with E-state index in [1.165, 1.54) is 12.1 Å². The molecule has 0 aliphatic carbocycles. The number of nitrogens with zero attached hydrogens (tertiary/aromatic N) is 1. The van der Waals surface area contributed by atoms with Crippen LogP contribution in [0.3, 0.4) is 0 Å². The number of carbonyl (C=O) groups excluding carboxylic acids is 1. The van der Waals surface area contributed by atoms with E-state index in [2.05, 4.69) is 15.9 Å². The van der Waals surface area contributed by atoms with E-state index in [0.29, 0.717) is 10.9 Å². The second-order valence-corrected chi connectivity index (χ2v) is 5.55. The van der Waals surface area contributed by atoms with Gasteiger partial charge in [-0.3, -0.25) is 14.9 Å². The van der Waals surface area contributed by atoms with Crippen molar-refractivity contribution >= 4 is 27.4 Å². The van der Waals surface area contributed by atoms with Crippen molar-refractivity contribution in [2.45, 2.75) is 27.2 Å². The topological polar surface area (TPSA) is 60.2 Å². The van der Waals surface area contributed by atoms with Crippen LogP contribution < -0.4 is 0 Å². The zero-order valence-corrected chi connectivity index (χ0v) is 12.2. The van der Waals surface area contributed by atoms with Crippen LogP contribution in [-0.4, -0.2) is 10.7 Å². The summed E-state index contributed by atoms with van der Waals surface area (Å²) in [6.07, 6.45) is 0.603. The van der Waals surface area contributed by atoms with Crippen molar-refractivity contribution in [1.29, 1.82) is 0 Å². The first kappa shape index (κ1) is 14.8. The van der Waals surface area contributed by atoms with Crippen LogP contribution >= 0.6 is 15.9 Å². The van der Waals surface area contributed by atoms with Gasteiger partial charge in [0, 0.05) is 22.5 Å². The van der Waals surface area contributed by atoms with Gasteiger partial charge in [-0.25, -0.2) is 0 Å². The molecule has 98 valence electrons. The van der Waals surface area contributed by atoms with Crippen molar-refractivity contribution in [3.8, 4) is 0 Å². The Bertz CT molecular complexity index is 471. The highest BCUT2D eigenvalue weighted by atomic mass is 79.9. The van der Waals surface area contributed by atoms with Gasteiger partial charge in [0.25, 0.3) is 5.69 Å². The maximum Gasteiger partial charge on any atom is 0.270 e. The Morgan fingerprint density at radius 1 is 1.44 bits per heavy atom. The third-order valence-electron chi connectivity index (χ3n) is 3.01. The minimum atomic E-state index is -0.431. The van der Waals surface area contributed by atoms with Crippen LogP contribution in [0.2, 0.25) is 0 Å². The molecular formula is C13H16BrNO3. The molecule has 18 heavy (non-hydrogen) atoms. The van der Waals surface area contributed by atoms with Gasteiger partial charge in [-0.2, -0.15) is 0 Å². The molecular weight excluding hydrogens is 298 g/mol. The fraction of sp³-hybridized carbons (Fsp3) is 0.462. The molecule has 1 rings (SSSR count). The fourth-order valence-electron chi connectivity index (χ4n) is 1.90. The Morgan fingerprint density at radius 3 is 2.44 bits per heavy atom. The Hall–Kier alpha value is -1.23. The average molecular weight is 314 g/mol. The molecule has 5 heteroatoms. The van der Waals surface area contributed by atoms with Gasteiger partial charge < -0.3 is 0 Å². The number of hydrogen-bond donors (Lipinski definition) is 0. The van der Waals surface area contributed by atoms with Gasteiger partial charge in [0.2, 0.25) is 0 Å². The van der Waals surface area contributed by atoms with Gasteiger partial charge in [-0.15, -0.1) is 0 Å².